The fraction of sp³-hybridized carbons (Fsp3) is 0.250. The van der Waals surface area contributed by atoms with Gasteiger partial charge in [0.1, 0.15) is 17.6 Å². The van der Waals surface area contributed by atoms with Crippen LogP contribution in [-0.2, 0) is 12.8 Å². The van der Waals surface area contributed by atoms with Crippen LogP contribution in [0.2, 0.25) is 0 Å². The van der Waals surface area contributed by atoms with Gasteiger partial charge in [0.15, 0.2) is 5.78 Å². The topological polar surface area (TPSA) is 40.9 Å². The molecule has 0 radical (unpaired) electrons. The van der Waals surface area contributed by atoms with E-state index in [-0.39, 0.29) is 11.3 Å². The highest BCUT2D eigenvalue weighted by Gasteiger charge is 2.26. The summed E-state index contributed by atoms with van der Waals surface area (Å²) in [5.74, 6) is -3.13. The maximum atomic E-state index is 13.3. The summed E-state index contributed by atoms with van der Waals surface area (Å²) >= 11 is 1.39. The van der Waals surface area contributed by atoms with Gasteiger partial charge in [0.2, 0.25) is 0 Å². The first kappa shape index (κ1) is 13.9. The van der Waals surface area contributed by atoms with Crippen molar-refractivity contribution in [1.82, 2.24) is 0 Å². The summed E-state index contributed by atoms with van der Waals surface area (Å²) in [5, 5.41) is 9.23. The van der Waals surface area contributed by atoms with E-state index < -0.39 is 17.6 Å². The van der Waals surface area contributed by atoms with Crippen LogP contribution in [-0.4, -0.2) is 5.78 Å². The number of nitriles is 1. The number of halogens is 2. The molecule has 106 valence electrons. The van der Waals surface area contributed by atoms with Crippen molar-refractivity contribution in [1.29, 1.82) is 5.26 Å². The quantitative estimate of drug-likeness (QED) is 0.804. The van der Waals surface area contributed by atoms with E-state index in [0.717, 1.165) is 43.0 Å². The van der Waals surface area contributed by atoms with Gasteiger partial charge < -0.3 is 0 Å². The summed E-state index contributed by atoms with van der Waals surface area (Å²) in [5.41, 5.74) is 1.22. The van der Waals surface area contributed by atoms with Gasteiger partial charge in [-0.1, -0.05) is 0 Å². The smallest absolute Gasteiger partial charge is 0.194 e. The summed E-state index contributed by atoms with van der Waals surface area (Å²) in [7, 11) is 0. The van der Waals surface area contributed by atoms with Crippen LogP contribution in [0.15, 0.2) is 24.3 Å². The Hall–Kier alpha value is -2.06. The number of Topliss-reactive ketones (excluding diaryl/α,β-unsaturated/α-hetero) is 1. The first-order chi connectivity index (χ1) is 10.1. The van der Waals surface area contributed by atoms with Crippen molar-refractivity contribution in [2.45, 2.75) is 25.2 Å². The van der Waals surface area contributed by atoms with Gasteiger partial charge >= 0.3 is 0 Å². The van der Waals surface area contributed by atoms with Gasteiger partial charge in [0.05, 0.1) is 10.9 Å². The predicted octanol–water partition coefficient (Wildman–Crippen LogP) is 4.01. The Bertz CT molecular complexity index is 718. The van der Waals surface area contributed by atoms with E-state index in [1.54, 1.807) is 0 Å². The van der Waals surface area contributed by atoms with Gasteiger partial charge in [-0.25, -0.2) is 8.78 Å². The molecule has 1 unspecified atom stereocenters. The molecule has 2 aromatic rings. The fourth-order valence-corrected chi connectivity index (χ4v) is 3.84. The molecule has 21 heavy (non-hydrogen) atoms. The Morgan fingerprint density at radius 3 is 2.52 bits per heavy atom. The van der Waals surface area contributed by atoms with Gasteiger partial charge in [-0.05, 0) is 48.6 Å². The van der Waals surface area contributed by atoms with E-state index in [9.17, 15) is 18.8 Å². The molecule has 1 aromatic carbocycles. The van der Waals surface area contributed by atoms with Crippen LogP contribution in [0.3, 0.4) is 0 Å². The molecule has 0 saturated heterocycles. The van der Waals surface area contributed by atoms with Crippen LogP contribution >= 0.6 is 11.3 Å². The molecule has 1 heterocycles. The molecule has 0 spiro atoms. The molecular weight excluding hydrogens is 292 g/mol. The molecule has 1 aliphatic rings. The molecule has 0 bridgehead atoms. The number of hydrogen-bond donors (Lipinski definition) is 0. The number of thiophene rings is 1. The summed E-state index contributed by atoms with van der Waals surface area (Å²) < 4.78 is 26.5. The van der Waals surface area contributed by atoms with E-state index in [4.69, 9.17) is 0 Å². The first-order valence-electron chi connectivity index (χ1n) is 6.60. The Morgan fingerprint density at radius 2 is 1.90 bits per heavy atom. The maximum Gasteiger partial charge on any atom is 0.194 e. The SMILES string of the molecule is N#CC(C(=O)c1cc2c(s1)CCC2)c1cc(F)cc(F)c1. The third-order valence-corrected chi connectivity index (χ3v) is 4.85. The van der Waals surface area contributed by atoms with Crippen LogP contribution in [0, 0.1) is 23.0 Å². The molecule has 1 aromatic heterocycles. The Balaban J connectivity index is 1.95. The normalized spacial score (nSPS) is 14.5. The molecule has 1 atom stereocenters. The molecular formula is C16H11F2NOS. The highest BCUT2D eigenvalue weighted by Crippen LogP contribution is 2.33. The number of fused-ring (bicyclic) bond motifs is 1. The molecule has 0 fully saturated rings. The molecule has 5 heteroatoms. The van der Waals surface area contributed by atoms with Crippen LogP contribution in [0.5, 0.6) is 0 Å². The highest BCUT2D eigenvalue weighted by atomic mass is 32.1. The number of aryl methyl sites for hydroxylation is 2. The van der Waals surface area contributed by atoms with Gasteiger partial charge in [0, 0.05) is 10.9 Å². The predicted molar refractivity (Wildman–Crippen MR) is 75.4 cm³/mol. The van der Waals surface area contributed by atoms with Gasteiger partial charge in [-0.3, -0.25) is 4.79 Å². The third-order valence-electron chi connectivity index (χ3n) is 3.60. The minimum atomic E-state index is -1.17. The van der Waals surface area contributed by atoms with Crippen molar-refractivity contribution in [3.05, 3.63) is 56.8 Å². The third kappa shape index (κ3) is 2.59. The Labute approximate surface area is 124 Å². The van der Waals surface area contributed by atoms with Crippen LogP contribution in [0.4, 0.5) is 8.78 Å². The van der Waals surface area contributed by atoms with Crippen molar-refractivity contribution >= 4 is 17.1 Å². The summed E-state index contributed by atoms with van der Waals surface area (Å²) in [6, 6.07) is 6.47. The lowest BCUT2D eigenvalue weighted by atomic mass is 9.95. The van der Waals surface area contributed by atoms with E-state index in [1.165, 1.54) is 16.2 Å². The van der Waals surface area contributed by atoms with Crippen molar-refractivity contribution < 1.29 is 13.6 Å². The van der Waals surface area contributed by atoms with Crippen molar-refractivity contribution in [2.24, 2.45) is 0 Å². The minimum Gasteiger partial charge on any atom is -0.291 e. The lowest BCUT2D eigenvalue weighted by Gasteiger charge is -2.07. The van der Waals surface area contributed by atoms with E-state index >= 15 is 0 Å². The lowest BCUT2D eigenvalue weighted by molar-refractivity contribution is 0.0982. The van der Waals surface area contributed by atoms with Crippen LogP contribution in [0.25, 0.3) is 0 Å². The zero-order chi connectivity index (χ0) is 15.0. The maximum absolute atomic E-state index is 13.3. The molecule has 0 saturated carbocycles. The second-order valence-electron chi connectivity index (χ2n) is 5.04. The van der Waals surface area contributed by atoms with Crippen molar-refractivity contribution in [2.75, 3.05) is 0 Å². The number of carbonyl (C=O) groups excluding carboxylic acids is 1. The van der Waals surface area contributed by atoms with Crippen molar-refractivity contribution in [3.8, 4) is 6.07 Å². The molecule has 0 amide bonds. The summed E-state index contributed by atoms with van der Waals surface area (Å²) in [6.45, 7) is 0. The number of nitrogens with zero attached hydrogens (tertiary/aromatic N) is 1. The number of hydrogen-bond acceptors (Lipinski definition) is 3. The van der Waals surface area contributed by atoms with E-state index in [0.29, 0.717) is 4.88 Å². The number of ketones is 1. The van der Waals surface area contributed by atoms with Crippen LogP contribution < -0.4 is 0 Å². The van der Waals surface area contributed by atoms with Crippen molar-refractivity contribution in [3.63, 3.8) is 0 Å². The van der Waals surface area contributed by atoms with Gasteiger partial charge in [-0.2, -0.15) is 5.26 Å². The second kappa shape index (κ2) is 5.38. The lowest BCUT2D eigenvalue weighted by Crippen LogP contribution is -2.10. The van der Waals surface area contributed by atoms with Gasteiger partial charge in [-0.15, -0.1) is 11.3 Å². The standard InChI is InChI=1S/C16H11F2NOS/c17-11-4-10(5-12(18)7-11)13(8-19)16(20)15-6-9-2-1-3-14(9)21-15/h4-7,13H,1-3H2. The minimum absolute atomic E-state index is 0.0635. The monoisotopic (exact) mass is 303 g/mol. The van der Waals surface area contributed by atoms with E-state index in [2.05, 4.69) is 0 Å². The second-order valence-corrected chi connectivity index (χ2v) is 6.18. The number of carbonyl (C=O) groups is 1. The fourth-order valence-electron chi connectivity index (χ4n) is 2.62. The average Bonchev–Trinajstić information content (AvgIpc) is 2.98. The van der Waals surface area contributed by atoms with E-state index in [1.807, 2.05) is 12.1 Å². The Kier molecular flexibility index (Phi) is 3.56. The van der Waals surface area contributed by atoms with Crippen LogP contribution in [0.1, 0.15) is 38.0 Å². The molecule has 0 aliphatic heterocycles. The molecule has 1 aliphatic carbocycles. The average molecular weight is 303 g/mol. The Morgan fingerprint density at radius 1 is 1.19 bits per heavy atom. The largest absolute Gasteiger partial charge is 0.291 e. The zero-order valence-corrected chi connectivity index (χ0v) is 11.8. The molecule has 3 rings (SSSR count). The highest BCUT2D eigenvalue weighted by molar-refractivity contribution is 7.14. The summed E-state index contributed by atoms with van der Waals surface area (Å²) in [6.07, 6.45) is 3.00. The summed E-state index contributed by atoms with van der Waals surface area (Å²) in [4.78, 5) is 14.1. The number of rotatable bonds is 3. The molecule has 0 N–H and O–H groups in total. The molecule has 2 nitrogen and oxygen atoms in total. The number of benzene rings is 1. The van der Waals surface area contributed by atoms with Gasteiger partial charge in [0.25, 0.3) is 0 Å². The first-order valence-corrected chi connectivity index (χ1v) is 7.41. The zero-order valence-electron chi connectivity index (χ0n) is 11.0.